The first-order valence-corrected chi connectivity index (χ1v) is 9.78. The minimum Gasteiger partial charge on any atom is -0.492 e. The van der Waals surface area contributed by atoms with Crippen molar-refractivity contribution in [3.8, 4) is 5.75 Å². The van der Waals surface area contributed by atoms with Gasteiger partial charge in [-0.15, -0.1) is 11.3 Å². The summed E-state index contributed by atoms with van der Waals surface area (Å²) in [6, 6.07) is 13.3. The second kappa shape index (κ2) is 8.85. The van der Waals surface area contributed by atoms with Crippen molar-refractivity contribution < 1.29 is 14.3 Å². The van der Waals surface area contributed by atoms with E-state index in [1.165, 1.54) is 11.3 Å². The van der Waals surface area contributed by atoms with Gasteiger partial charge in [0.1, 0.15) is 12.4 Å². The second-order valence-corrected chi connectivity index (χ2v) is 7.44. The Bertz CT molecular complexity index is 718. The van der Waals surface area contributed by atoms with Gasteiger partial charge >= 0.3 is 0 Å². The van der Waals surface area contributed by atoms with Gasteiger partial charge in [0, 0.05) is 20.1 Å². The van der Waals surface area contributed by atoms with Crippen molar-refractivity contribution in [2.24, 2.45) is 5.92 Å². The van der Waals surface area contributed by atoms with E-state index in [0.29, 0.717) is 19.7 Å². The topological polar surface area (TPSA) is 49.9 Å². The van der Waals surface area contributed by atoms with Crippen molar-refractivity contribution in [3.05, 3.63) is 52.7 Å². The Kier molecular flexibility index (Phi) is 6.28. The van der Waals surface area contributed by atoms with Crippen LogP contribution in [0.15, 0.2) is 47.8 Å². The fraction of sp³-hybridized carbons (Fsp3) is 0.400. The molecule has 0 radical (unpaired) electrons. The van der Waals surface area contributed by atoms with Gasteiger partial charge in [0.05, 0.1) is 17.3 Å². The van der Waals surface area contributed by atoms with E-state index in [-0.39, 0.29) is 17.7 Å². The molecule has 5 nitrogen and oxygen atoms in total. The van der Waals surface area contributed by atoms with Crippen LogP contribution in [0.4, 0.5) is 0 Å². The number of nitrogens with zero attached hydrogens (tertiary/aromatic N) is 2. The largest absolute Gasteiger partial charge is 0.492 e. The minimum atomic E-state index is -0.130. The molecule has 26 heavy (non-hydrogen) atoms. The van der Waals surface area contributed by atoms with Crippen LogP contribution in [0.2, 0.25) is 0 Å². The Morgan fingerprint density at radius 2 is 2.04 bits per heavy atom. The molecule has 0 aliphatic carbocycles. The van der Waals surface area contributed by atoms with Crippen LogP contribution in [-0.4, -0.2) is 54.9 Å². The molecule has 0 N–H and O–H groups in total. The van der Waals surface area contributed by atoms with E-state index in [2.05, 4.69) is 0 Å². The SMILES string of the molecule is CN(CCOc1ccccc1)C(=O)C1CCCN(C(=O)c2cccs2)C1. The minimum absolute atomic E-state index is 0.0348. The van der Waals surface area contributed by atoms with E-state index >= 15 is 0 Å². The summed E-state index contributed by atoms with van der Waals surface area (Å²) in [7, 11) is 1.80. The van der Waals surface area contributed by atoms with Gasteiger partial charge in [0.2, 0.25) is 5.91 Å². The van der Waals surface area contributed by atoms with Gasteiger partial charge in [0.25, 0.3) is 5.91 Å². The van der Waals surface area contributed by atoms with Gasteiger partial charge in [-0.25, -0.2) is 0 Å². The number of hydrogen-bond donors (Lipinski definition) is 0. The van der Waals surface area contributed by atoms with E-state index in [4.69, 9.17) is 4.74 Å². The molecule has 138 valence electrons. The number of likely N-dealkylation sites (N-methyl/N-ethyl adjacent to an activating group) is 1. The average molecular weight is 372 g/mol. The summed E-state index contributed by atoms with van der Waals surface area (Å²) >= 11 is 1.45. The summed E-state index contributed by atoms with van der Waals surface area (Å²) in [5.74, 6) is 0.797. The number of benzene rings is 1. The third-order valence-electron chi connectivity index (χ3n) is 4.60. The molecule has 0 bridgehead atoms. The highest BCUT2D eigenvalue weighted by Gasteiger charge is 2.30. The number of likely N-dealkylation sites (tertiary alicyclic amines) is 1. The summed E-state index contributed by atoms with van der Waals surface area (Å²) in [6.07, 6.45) is 1.69. The first kappa shape index (κ1) is 18.5. The van der Waals surface area contributed by atoms with E-state index in [1.54, 1.807) is 11.9 Å². The molecule has 1 saturated heterocycles. The van der Waals surface area contributed by atoms with E-state index in [1.807, 2.05) is 52.7 Å². The van der Waals surface area contributed by atoms with Gasteiger partial charge in [-0.2, -0.15) is 0 Å². The number of para-hydroxylation sites is 1. The van der Waals surface area contributed by atoms with Crippen LogP contribution in [0.25, 0.3) is 0 Å². The molecule has 1 aliphatic rings. The molecule has 1 fully saturated rings. The van der Waals surface area contributed by atoms with Crippen molar-refractivity contribution in [2.45, 2.75) is 12.8 Å². The fourth-order valence-electron chi connectivity index (χ4n) is 3.16. The number of hydrogen-bond acceptors (Lipinski definition) is 4. The number of piperidine rings is 1. The Hall–Kier alpha value is -2.34. The number of carbonyl (C=O) groups is 2. The van der Waals surface area contributed by atoms with Gasteiger partial charge in [-0.3, -0.25) is 9.59 Å². The van der Waals surface area contributed by atoms with Crippen molar-refractivity contribution in [1.29, 1.82) is 0 Å². The quantitative estimate of drug-likeness (QED) is 0.783. The maximum Gasteiger partial charge on any atom is 0.263 e. The molecule has 1 aromatic carbocycles. The summed E-state index contributed by atoms with van der Waals surface area (Å²) in [5.41, 5.74) is 0. The lowest BCUT2D eigenvalue weighted by Gasteiger charge is -2.33. The third kappa shape index (κ3) is 4.64. The molecule has 1 aliphatic heterocycles. The van der Waals surface area contributed by atoms with Crippen molar-refractivity contribution >= 4 is 23.2 Å². The predicted octanol–water partition coefficient (Wildman–Crippen LogP) is 3.14. The zero-order valence-corrected chi connectivity index (χ0v) is 15.8. The molecule has 1 unspecified atom stereocenters. The Balaban J connectivity index is 1.49. The van der Waals surface area contributed by atoms with E-state index in [9.17, 15) is 9.59 Å². The summed E-state index contributed by atoms with van der Waals surface area (Å²) in [4.78, 5) is 29.5. The van der Waals surface area contributed by atoms with Crippen LogP contribution in [0.1, 0.15) is 22.5 Å². The van der Waals surface area contributed by atoms with Crippen molar-refractivity contribution in [2.75, 3.05) is 33.3 Å². The number of amides is 2. The van der Waals surface area contributed by atoms with Gasteiger partial charge in [-0.05, 0) is 36.4 Å². The molecule has 2 amide bonds. The monoisotopic (exact) mass is 372 g/mol. The molecular weight excluding hydrogens is 348 g/mol. The molecule has 6 heteroatoms. The van der Waals surface area contributed by atoms with Crippen LogP contribution in [0.3, 0.4) is 0 Å². The Labute approximate surface area is 158 Å². The highest BCUT2D eigenvalue weighted by atomic mass is 32.1. The van der Waals surface area contributed by atoms with Gasteiger partial charge in [-0.1, -0.05) is 24.3 Å². The smallest absolute Gasteiger partial charge is 0.263 e. The van der Waals surface area contributed by atoms with Gasteiger partial charge < -0.3 is 14.5 Å². The molecule has 1 atom stereocenters. The normalized spacial score (nSPS) is 17.0. The zero-order chi connectivity index (χ0) is 18.4. The Morgan fingerprint density at radius 1 is 1.23 bits per heavy atom. The van der Waals surface area contributed by atoms with Crippen LogP contribution in [0.5, 0.6) is 5.75 Å². The summed E-state index contributed by atoms with van der Waals surface area (Å²) < 4.78 is 5.67. The molecule has 2 heterocycles. The first-order chi connectivity index (χ1) is 12.6. The maximum atomic E-state index is 12.7. The van der Waals surface area contributed by atoms with Crippen LogP contribution in [0, 0.1) is 5.92 Å². The Morgan fingerprint density at radius 3 is 2.77 bits per heavy atom. The van der Waals surface area contributed by atoms with Crippen LogP contribution < -0.4 is 4.74 Å². The average Bonchev–Trinajstić information content (AvgIpc) is 3.22. The standard InChI is InChI=1S/C20H24N2O3S/c1-21(12-13-25-17-8-3-2-4-9-17)19(23)16-7-5-11-22(15-16)20(24)18-10-6-14-26-18/h2-4,6,8-10,14,16H,5,7,11-13,15H2,1H3. The molecule has 1 aromatic heterocycles. The fourth-order valence-corrected chi connectivity index (χ4v) is 3.85. The number of ether oxygens (including phenoxy) is 1. The summed E-state index contributed by atoms with van der Waals surface area (Å²) in [5, 5.41) is 1.90. The predicted molar refractivity (Wildman–Crippen MR) is 103 cm³/mol. The molecule has 2 aromatic rings. The maximum absolute atomic E-state index is 12.7. The zero-order valence-electron chi connectivity index (χ0n) is 15.0. The van der Waals surface area contributed by atoms with Crippen molar-refractivity contribution in [1.82, 2.24) is 9.80 Å². The van der Waals surface area contributed by atoms with Gasteiger partial charge in [0.15, 0.2) is 0 Å². The van der Waals surface area contributed by atoms with E-state index < -0.39 is 0 Å². The molecular formula is C20H24N2O3S. The lowest BCUT2D eigenvalue weighted by atomic mass is 9.96. The third-order valence-corrected chi connectivity index (χ3v) is 5.46. The van der Waals surface area contributed by atoms with Crippen LogP contribution >= 0.6 is 11.3 Å². The highest BCUT2D eigenvalue weighted by molar-refractivity contribution is 7.12. The lowest BCUT2D eigenvalue weighted by Crippen LogP contribution is -2.46. The molecule has 3 rings (SSSR count). The first-order valence-electron chi connectivity index (χ1n) is 8.91. The second-order valence-electron chi connectivity index (χ2n) is 6.49. The summed E-state index contributed by atoms with van der Waals surface area (Å²) in [6.45, 7) is 2.21. The van der Waals surface area contributed by atoms with Crippen LogP contribution in [-0.2, 0) is 4.79 Å². The number of thiophene rings is 1. The lowest BCUT2D eigenvalue weighted by molar-refractivity contribution is -0.135. The molecule has 0 saturated carbocycles. The number of rotatable bonds is 6. The highest BCUT2D eigenvalue weighted by Crippen LogP contribution is 2.22. The molecule has 0 spiro atoms. The van der Waals surface area contributed by atoms with E-state index in [0.717, 1.165) is 30.0 Å². The van der Waals surface area contributed by atoms with Crippen molar-refractivity contribution in [3.63, 3.8) is 0 Å². The number of carbonyl (C=O) groups excluding carboxylic acids is 2.